The van der Waals surface area contributed by atoms with Crippen LogP contribution in [0.3, 0.4) is 0 Å². The molecule has 0 spiro atoms. The summed E-state index contributed by atoms with van der Waals surface area (Å²) in [5.41, 5.74) is 2.17. The third-order valence-corrected chi connectivity index (χ3v) is 6.27. The number of nitrogens with one attached hydrogen (secondary N) is 2. The molecule has 0 fully saturated rings. The van der Waals surface area contributed by atoms with Crippen LogP contribution in [0.2, 0.25) is 5.02 Å². The fraction of sp³-hybridized carbons (Fsp3) is 0.111. The summed E-state index contributed by atoms with van der Waals surface area (Å²) in [6.45, 7) is 0.492. The third-order valence-electron chi connectivity index (χ3n) is 5.95. The fourth-order valence-corrected chi connectivity index (χ4v) is 4.17. The van der Waals surface area contributed by atoms with Crippen LogP contribution < -0.4 is 16.4 Å². The van der Waals surface area contributed by atoms with Gasteiger partial charge in [0.2, 0.25) is 0 Å². The van der Waals surface area contributed by atoms with E-state index < -0.39 is 11.7 Å². The highest BCUT2D eigenvalue weighted by molar-refractivity contribution is 6.35. The maximum absolute atomic E-state index is 14.4. The molecule has 0 aliphatic rings. The van der Waals surface area contributed by atoms with Gasteiger partial charge in [0, 0.05) is 59.9 Å². The smallest absolute Gasteiger partial charge is 0.253 e. The second kappa shape index (κ2) is 10.2. The van der Waals surface area contributed by atoms with E-state index in [-0.39, 0.29) is 29.8 Å². The first kappa shape index (κ1) is 24.2. The highest BCUT2D eigenvalue weighted by Gasteiger charge is 2.12. The molecule has 4 heterocycles. The molecule has 4 aromatic heterocycles. The van der Waals surface area contributed by atoms with Crippen LogP contribution in [0.25, 0.3) is 10.9 Å². The highest BCUT2D eigenvalue weighted by atomic mass is 35.5. The molecule has 10 heteroatoms. The van der Waals surface area contributed by atoms with E-state index in [4.69, 9.17) is 11.6 Å². The molecule has 37 heavy (non-hydrogen) atoms. The normalized spacial score (nSPS) is 11.1. The average molecular weight is 518 g/mol. The van der Waals surface area contributed by atoms with Crippen molar-refractivity contribution in [3.8, 4) is 0 Å². The Balaban J connectivity index is 1.27. The Morgan fingerprint density at radius 2 is 1.86 bits per heavy atom. The quantitative estimate of drug-likeness (QED) is 0.343. The van der Waals surface area contributed by atoms with Crippen molar-refractivity contribution in [3.63, 3.8) is 0 Å². The van der Waals surface area contributed by atoms with Gasteiger partial charge in [-0.2, -0.15) is 0 Å². The average Bonchev–Trinajstić information content (AvgIpc) is 3.25. The number of nitrogens with zero attached hydrogens (tertiary/aromatic N) is 3. The van der Waals surface area contributed by atoms with Gasteiger partial charge in [0.15, 0.2) is 0 Å². The predicted molar refractivity (Wildman–Crippen MR) is 138 cm³/mol. The number of amides is 1. The number of hydrogen-bond acceptors (Lipinski definition) is 4. The van der Waals surface area contributed by atoms with Gasteiger partial charge in [-0.05, 0) is 35.9 Å². The van der Waals surface area contributed by atoms with Crippen LogP contribution in [0.5, 0.6) is 0 Å². The molecule has 186 valence electrons. The number of halogens is 2. The Hall–Kier alpha value is -4.50. The molecule has 0 saturated carbocycles. The van der Waals surface area contributed by atoms with Crippen LogP contribution in [-0.2, 0) is 19.6 Å². The lowest BCUT2D eigenvalue weighted by atomic mass is 10.1. The van der Waals surface area contributed by atoms with Gasteiger partial charge in [0.25, 0.3) is 17.0 Å². The lowest BCUT2D eigenvalue weighted by Gasteiger charge is -2.10. The van der Waals surface area contributed by atoms with Gasteiger partial charge in [0.1, 0.15) is 5.82 Å². The minimum atomic E-state index is -0.468. The third kappa shape index (κ3) is 5.36. The van der Waals surface area contributed by atoms with E-state index in [1.807, 2.05) is 6.07 Å². The number of fused-ring (bicyclic) bond motifs is 1. The number of rotatable bonds is 7. The molecule has 0 aliphatic carbocycles. The summed E-state index contributed by atoms with van der Waals surface area (Å²) in [6.07, 6.45) is 6.35. The topological polar surface area (TPSA) is 102 Å². The van der Waals surface area contributed by atoms with Crippen LogP contribution in [-0.4, -0.2) is 25.0 Å². The molecule has 0 aliphatic heterocycles. The molecule has 2 N–H and O–H groups in total. The number of aromatic amines is 1. The predicted octanol–water partition coefficient (Wildman–Crippen LogP) is 3.71. The zero-order chi connectivity index (χ0) is 25.9. The summed E-state index contributed by atoms with van der Waals surface area (Å²) in [7, 11) is 0. The highest BCUT2D eigenvalue weighted by Crippen LogP contribution is 2.25. The Morgan fingerprint density at radius 3 is 2.65 bits per heavy atom. The number of aromatic nitrogens is 4. The van der Waals surface area contributed by atoms with Crippen molar-refractivity contribution in [2.24, 2.45) is 0 Å². The summed E-state index contributed by atoms with van der Waals surface area (Å²) in [4.78, 5) is 44.3. The molecule has 0 radical (unpaired) electrons. The van der Waals surface area contributed by atoms with Gasteiger partial charge in [-0.25, -0.2) is 4.39 Å². The summed E-state index contributed by atoms with van der Waals surface area (Å²) in [5.74, 6) is -0.917. The van der Waals surface area contributed by atoms with Crippen molar-refractivity contribution >= 4 is 28.4 Å². The van der Waals surface area contributed by atoms with E-state index >= 15 is 0 Å². The van der Waals surface area contributed by atoms with Crippen LogP contribution in [0.15, 0.2) is 89.0 Å². The Kier molecular flexibility index (Phi) is 6.70. The van der Waals surface area contributed by atoms with Crippen LogP contribution in [0.1, 0.15) is 27.2 Å². The van der Waals surface area contributed by atoms with Gasteiger partial charge in [0.05, 0.1) is 29.4 Å². The Morgan fingerprint density at radius 1 is 1.03 bits per heavy atom. The van der Waals surface area contributed by atoms with Gasteiger partial charge in [-0.15, -0.1) is 0 Å². The first-order valence-electron chi connectivity index (χ1n) is 11.4. The number of carbonyl (C=O) groups excluding carboxylic acids is 1. The van der Waals surface area contributed by atoms with Gasteiger partial charge in [-0.3, -0.25) is 19.4 Å². The summed E-state index contributed by atoms with van der Waals surface area (Å²) in [5, 5.41) is 3.82. The number of H-pyrrole nitrogens is 1. The van der Waals surface area contributed by atoms with Crippen molar-refractivity contribution in [2.75, 3.05) is 0 Å². The summed E-state index contributed by atoms with van der Waals surface area (Å²) in [6, 6.07) is 14.2. The molecule has 1 amide bonds. The minimum Gasteiger partial charge on any atom is -0.360 e. The van der Waals surface area contributed by atoms with Gasteiger partial charge >= 0.3 is 0 Å². The van der Waals surface area contributed by atoms with E-state index in [0.29, 0.717) is 33.7 Å². The van der Waals surface area contributed by atoms with Crippen molar-refractivity contribution in [3.05, 3.63) is 133 Å². The molecule has 8 nitrogen and oxygen atoms in total. The number of carbonyl (C=O) groups is 1. The van der Waals surface area contributed by atoms with Crippen molar-refractivity contribution < 1.29 is 9.18 Å². The minimum absolute atomic E-state index is 0.0445. The molecule has 5 aromatic rings. The molecule has 5 rings (SSSR count). The SMILES string of the molecule is O=C(NCc1cc2c(Cl)c[nH]c2cc1F)c1ccc(=O)n(Cc2ccc(Cn3ccccc3=O)nc2)c1. The molecular formula is C27H21ClFN5O3. The van der Waals surface area contributed by atoms with Crippen LogP contribution in [0, 0.1) is 5.82 Å². The van der Waals surface area contributed by atoms with Crippen molar-refractivity contribution in [2.45, 2.75) is 19.6 Å². The van der Waals surface area contributed by atoms with E-state index in [9.17, 15) is 18.8 Å². The molecule has 0 unspecified atom stereocenters. The molecule has 0 saturated heterocycles. The van der Waals surface area contributed by atoms with Crippen LogP contribution in [0.4, 0.5) is 4.39 Å². The Labute approximate surface area is 215 Å². The summed E-state index contributed by atoms with van der Waals surface area (Å²) < 4.78 is 17.4. The van der Waals surface area contributed by atoms with E-state index in [1.54, 1.807) is 47.4 Å². The van der Waals surface area contributed by atoms with Crippen molar-refractivity contribution in [1.82, 2.24) is 24.4 Å². The second-order valence-electron chi connectivity index (χ2n) is 8.52. The number of pyridine rings is 3. The fourth-order valence-electron chi connectivity index (χ4n) is 3.96. The monoisotopic (exact) mass is 517 g/mol. The summed E-state index contributed by atoms with van der Waals surface area (Å²) >= 11 is 6.11. The second-order valence-corrected chi connectivity index (χ2v) is 8.92. The van der Waals surface area contributed by atoms with Crippen LogP contribution >= 0.6 is 11.6 Å². The van der Waals surface area contributed by atoms with E-state index in [1.165, 1.54) is 35.0 Å². The maximum Gasteiger partial charge on any atom is 0.253 e. The first-order chi connectivity index (χ1) is 17.9. The zero-order valence-electron chi connectivity index (χ0n) is 19.4. The van der Waals surface area contributed by atoms with Gasteiger partial charge in [-0.1, -0.05) is 23.7 Å². The van der Waals surface area contributed by atoms with Crippen molar-refractivity contribution in [1.29, 1.82) is 0 Å². The Bertz CT molecular complexity index is 1720. The first-order valence-corrected chi connectivity index (χ1v) is 11.8. The number of benzene rings is 1. The maximum atomic E-state index is 14.4. The number of hydrogen-bond donors (Lipinski definition) is 2. The largest absolute Gasteiger partial charge is 0.360 e. The molecule has 0 bridgehead atoms. The lowest BCUT2D eigenvalue weighted by Crippen LogP contribution is -2.27. The molecule has 1 aromatic carbocycles. The van der Waals surface area contributed by atoms with Gasteiger partial charge < -0.3 is 19.4 Å². The van der Waals surface area contributed by atoms with E-state index in [0.717, 1.165) is 5.56 Å². The zero-order valence-corrected chi connectivity index (χ0v) is 20.2. The lowest BCUT2D eigenvalue weighted by molar-refractivity contribution is 0.0949. The molecule has 0 atom stereocenters. The van der Waals surface area contributed by atoms with E-state index in [2.05, 4.69) is 15.3 Å². The molecular weight excluding hydrogens is 497 g/mol. The standard InChI is InChI=1S/C27H21ClFN5O3/c28-22-13-31-24-10-23(29)19(9-21(22)24)12-32-27(37)18-5-7-26(36)34(15-18)14-17-4-6-20(30-11-17)16-33-8-2-1-3-25(33)35/h1-11,13,15,31H,12,14,16H2,(H,32,37).